The lowest BCUT2D eigenvalue weighted by atomic mass is 10.1. The van der Waals surface area contributed by atoms with E-state index in [0.717, 1.165) is 24.4 Å². The van der Waals surface area contributed by atoms with Crippen LogP contribution in [0.25, 0.3) is 21.8 Å². The number of ether oxygens (including phenoxy) is 1. The van der Waals surface area contributed by atoms with Crippen molar-refractivity contribution in [3.63, 3.8) is 0 Å². The third kappa shape index (κ3) is 2.69. The van der Waals surface area contributed by atoms with Gasteiger partial charge in [0.1, 0.15) is 12.4 Å². The Morgan fingerprint density at radius 2 is 1.73 bits per heavy atom. The van der Waals surface area contributed by atoms with Gasteiger partial charge in [-0.1, -0.05) is 24.6 Å². The van der Waals surface area contributed by atoms with Crippen molar-refractivity contribution < 1.29 is 4.74 Å². The quantitative estimate of drug-likeness (QED) is 0.781. The Hall–Kier alpha value is -2.00. The summed E-state index contributed by atoms with van der Waals surface area (Å²) in [4.78, 5) is 5.97. The molecular weight excluding hydrogens is 272 g/mol. The van der Waals surface area contributed by atoms with Gasteiger partial charge in [-0.15, -0.1) is 0 Å². The van der Waals surface area contributed by atoms with Crippen LogP contribution in [-0.2, 0) is 0 Å². The van der Waals surface area contributed by atoms with Gasteiger partial charge in [-0.25, -0.2) is 0 Å². The minimum Gasteiger partial charge on any atom is -0.492 e. The first-order valence-corrected chi connectivity index (χ1v) is 8.26. The summed E-state index contributed by atoms with van der Waals surface area (Å²) in [5.74, 6) is 0.955. The van der Waals surface area contributed by atoms with E-state index in [2.05, 4.69) is 52.3 Å². The molecule has 22 heavy (non-hydrogen) atoms. The van der Waals surface area contributed by atoms with Gasteiger partial charge < -0.3 is 9.72 Å². The maximum atomic E-state index is 5.95. The van der Waals surface area contributed by atoms with Crippen LogP contribution in [0.5, 0.6) is 5.75 Å². The number of benzene rings is 2. The Morgan fingerprint density at radius 1 is 0.909 bits per heavy atom. The summed E-state index contributed by atoms with van der Waals surface area (Å²) in [5, 5.41) is 2.54. The van der Waals surface area contributed by atoms with E-state index in [1.807, 2.05) is 0 Å². The second-order valence-corrected chi connectivity index (χ2v) is 6.13. The highest BCUT2D eigenvalue weighted by atomic mass is 16.5. The lowest BCUT2D eigenvalue weighted by molar-refractivity contribution is 0.183. The molecule has 1 aliphatic heterocycles. The Bertz CT molecular complexity index is 771. The van der Waals surface area contributed by atoms with Crippen LogP contribution in [0.1, 0.15) is 19.3 Å². The third-order valence-electron chi connectivity index (χ3n) is 4.60. The molecule has 3 aromatic rings. The number of aromatic nitrogens is 1. The zero-order valence-electron chi connectivity index (χ0n) is 12.8. The van der Waals surface area contributed by atoms with Gasteiger partial charge in [0.2, 0.25) is 0 Å². The van der Waals surface area contributed by atoms with Crippen molar-refractivity contribution in [1.82, 2.24) is 9.88 Å². The predicted molar refractivity (Wildman–Crippen MR) is 91.6 cm³/mol. The number of H-pyrrole nitrogens is 1. The first-order valence-electron chi connectivity index (χ1n) is 8.26. The van der Waals surface area contributed by atoms with E-state index in [9.17, 15) is 0 Å². The summed E-state index contributed by atoms with van der Waals surface area (Å²) in [6.45, 7) is 4.26. The summed E-state index contributed by atoms with van der Waals surface area (Å²) < 4.78 is 5.95. The number of likely N-dealkylation sites (tertiary alicyclic amines) is 1. The zero-order chi connectivity index (χ0) is 14.8. The summed E-state index contributed by atoms with van der Waals surface area (Å²) >= 11 is 0. The summed E-state index contributed by atoms with van der Waals surface area (Å²) in [6, 6.07) is 14.8. The lowest BCUT2D eigenvalue weighted by Gasteiger charge is -2.26. The van der Waals surface area contributed by atoms with Crippen LogP contribution in [0.15, 0.2) is 42.5 Å². The molecular formula is C19H22N2O. The van der Waals surface area contributed by atoms with E-state index in [0.29, 0.717) is 0 Å². The fraction of sp³-hybridized carbons (Fsp3) is 0.368. The molecule has 1 aromatic heterocycles. The maximum absolute atomic E-state index is 5.95. The molecule has 0 radical (unpaired) electrons. The molecule has 0 bridgehead atoms. The molecule has 114 valence electrons. The van der Waals surface area contributed by atoms with Crippen molar-refractivity contribution in [2.75, 3.05) is 26.2 Å². The number of hydrogen-bond donors (Lipinski definition) is 1. The topological polar surface area (TPSA) is 28.3 Å². The van der Waals surface area contributed by atoms with Crippen molar-refractivity contribution in [2.24, 2.45) is 0 Å². The maximum Gasteiger partial charge on any atom is 0.121 e. The van der Waals surface area contributed by atoms with Gasteiger partial charge >= 0.3 is 0 Å². The van der Waals surface area contributed by atoms with Gasteiger partial charge in [0, 0.05) is 28.9 Å². The standard InChI is InChI=1S/C19H22N2O/c1-4-10-21(11-5-1)12-13-22-15-8-9-17-16-6-2-3-7-18(16)20-19(17)14-15/h2-3,6-9,14,20H,1,4-5,10-13H2. The molecule has 0 saturated carbocycles. The van der Waals surface area contributed by atoms with E-state index in [1.165, 1.54) is 48.6 Å². The molecule has 0 atom stereocenters. The van der Waals surface area contributed by atoms with Crippen molar-refractivity contribution in [1.29, 1.82) is 0 Å². The first-order chi connectivity index (χ1) is 10.9. The Morgan fingerprint density at radius 3 is 2.64 bits per heavy atom. The molecule has 3 heteroatoms. The van der Waals surface area contributed by atoms with E-state index in [-0.39, 0.29) is 0 Å². The fourth-order valence-corrected chi connectivity index (χ4v) is 3.40. The largest absolute Gasteiger partial charge is 0.492 e. The second-order valence-electron chi connectivity index (χ2n) is 6.13. The number of hydrogen-bond acceptors (Lipinski definition) is 2. The van der Waals surface area contributed by atoms with Crippen molar-refractivity contribution in [3.05, 3.63) is 42.5 Å². The van der Waals surface area contributed by atoms with Crippen LogP contribution in [0.3, 0.4) is 0 Å². The Kier molecular flexibility index (Phi) is 3.73. The predicted octanol–water partition coefficient (Wildman–Crippen LogP) is 4.19. The smallest absolute Gasteiger partial charge is 0.121 e. The average molecular weight is 294 g/mol. The molecule has 2 heterocycles. The molecule has 4 rings (SSSR count). The number of piperidine rings is 1. The molecule has 1 aliphatic rings. The highest BCUT2D eigenvalue weighted by Crippen LogP contribution is 2.28. The van der Waals surface area contributed by atoms with E-state index in [1.54, 1.807) is 0 Å². The Balaban J connectivity index is 1.46. The normalized spacial score (nSPS) is 16.4. The number of rotatable bonds is 4. The van der Waals surface area contributed by atoms with Crippen LogP contribution in [0.2, 0.25) is 0 Å². The van der Waals surface area contributed by atoms with Crippen LogP contribution >= 0.6 is 0 Å². The molecule has 1 saturated heterocycles. The number of nitrogens with one attached hydrogen (secondary N) is 1. The number of nitrogens with zero attached hydrogens (tertiary/aromatic N) is 1. The van der Waals surface area contributed by atoms with Gasteiger partial charge in [0.15, 0.2) is 0 Å². The SMILES string of the molecule is c1ccc2c(c1)[nH]c1cc(OCCN3CCCCC3)ccc12. The van der Waals surface area contributed by atoms with E-state index in [4.69, 9.17) is 4.74 Å². The fourth-order valence-electron chi connectivity index (χ4n) is 3.40. The highest BCUT2D eigenvalue weighted by molar-refractivity contribution is 6.07. The van der Waals surface area contributed by atoms with E-state index >= 15 is 0 Å². The third-order valence-corrected chi connectivity index (χ3v) is 4.60. The number of fused-ring (bicyclic) bond motifs is 3. The van der Waals surface area contributed by atoms with Gasteiger partial charge in [0.05, 0.1) is 5.52 Å². The van der Waals surface area contributed by atoms with Crippen LogP contribution < -0.4 is 4.74 Å². The minimum absolute atomic E-state index is 0.770. The molecule has 1 N–H and O–H groups in total. The monoisotopic (exact) mass is 294 g/mol. The van der Waals surface area contributed by atoms with Crippen molar-refractivity contribution in [3.8, 4) is 5.75 Å². The Labute approximate surface area is 130 Å². The molecule has 0 aliphatic carbocycles. The summed E-state index contributed by atoms with van der Waals surface area (Å²) in [5.41, 5.74) is 2.33. The minimum atomic E-state index is 0.770. The molecule has 3 nitrogen and oxygen atoms in total. The van der Waals surface area contributed by atoms with Gasteiger partial charge in [-0.2, -0.15) is 0 Å². The van der Waals surface area contributed by atoms with Gasteiger partial charge in [-0.3, -0.25) is 4.90 Å². The molecule has 1 fully saturated rings. The zero-order valence-corrected chi connectivity index (χ0v) is 12.8. The van der Waals surface area contributed by atoms with Crippen molar-refractivity contribution >= 4 is 21.8 Å². The highest BCUT2D eigenvalue weighted by Gasteiger charge is 2.10. The van der Waals surface area contributed by atoms with E-state index < -0.39 is 0 Å². The average Bonchev–Trinajstić information content (AvgIpc) is 2.93. The van der Waals surface area contributed by atoms with Crippen molar-refractivity contribution in [2.45, 2.75) is 19.3 Å². The molecule has 0 spiro atoms. The molecule has 0 amide bonds. The van der Waals surface area contributed by atoms with Crippen LogP contribution in [-0.4, -0.2) is 36.1 Å². The number of aromatic amines is 1. The van der Waals surface area contributed by atoms with Crippen LogP contribution in [0.4, 0.5) is 0 Å². The molecule has 0 unspecified atom stereocenters. The first kappa shape index (κ1) is 13.6. The lowest BCUT2D eigenvalue weighted by Crippen LogP contribution is -2.33. The van der Waals surface area contributed by atoms with Gasteiger partial charge in [-0.05, 0) is 44.1 Å². The summed E-state index contributed by atoms with van der Waals surface area (Å²) in [7, 11) is 0. The van der Waals surface area contributed by atoms with Crippen LogP contribution in [0, 0.1) is 0 Å². The second kappa shape index (κ2) is 6.01. The van der Waals surface area contributed by atoms with Gasteiger partial charge in [0.25, 0.3) is 0 Å². The molecule has 2 aromatic carbocycles. The number of para-hydroxylation sites is 1. The summed E-state index contributed by atoms with van der Waals surface area (Å²) in [6.07, 6.45) is 4.05.